The van der Waals surface area contributed by atoms with Gasteiger partial charge in [-0.2, -0.15) is 0 Å². The highest BCUT2D eigenvalue weighted by Crippen LogP contribution is 2.28. The minimum absolute atomic E-state index is 0. The maximum absolute atomic E-state index is 13.9. The molecule has 2 N–H and O–H groups in total. The molecule has 1 saturated heterocycles. The van der Waals surface area contributed by atoms with E-state index in [0.717, 1.165) is 25.8 Å². The van der Waals surface area contributed by atoms with E-state index in [1.807, 2.05) is 0 Å². The van der Waals surface area contributed by atoms with E-state index in [9.17, 15) is 9.18 Å². The molecule has 2 aliphatic rings. The van der Waals surface area contributed by atoms with Gasteiger partial charge in [0, 0.05) is 24.8 Å². The molecule has 1 atom stereocenters. The molecule has 1 saturated carbocycles. The van der Waals surface area contributed by atoms with Gasteiger partial charge < -0.3 is 20.1 Å². The Morgan fingerprint density at radius 1 is 1.41 bits per heavy atom. The van der Waals surface area contributed by atoms with Gasteiger partial charge in [0.1, 0.15) is 6.10 Å². The lowest BCUT2D eigenvalue weighted by atomic mass is 9.96. The molecule has 1 aromatic rings. The Labute approximate surface area is 135 Å². The van der Waals surface area contributed by atoms with Crippen LogP contribution in [0, 0.1) is 5.82 Å². The average molecular weight is 331 g/mol. The molecule has 2 fully saturated rings. The Hall–Kier alpha value is -1.37. The van der Waals surface area contributed by atoms with Crippen molar-refractivity contribution in [1.29, 1.82) is 0 Å². The van der Waals surface area contributed by atoms with E-state index in [4.69, 9.17) is 9.47 Å². The normalized spacial score (nSPS) is 21.4. The van der Waals surface area contributed by atoms with Gasteiger partial charge in [-0.1, -0.05) is 0 Å². The highest BCUT2D eigenvalue weighted by molar-refractivity contribution is 5.94. The molecule has 3 rings (SSSR count). The molecule has 5 nitrogen and oxygen atoms in total. The predicted octanol–water partition coefficient (Wildman–Crippen LogP) is 2.11. The number of benzene rings is 1. The third-order valence-corrected chi connectivity index (χ3v) is 3.77. The van der Waals surface area contributed by atoms with Crippen LogP contribution >= 0.6 is 12.4 Å². The van der Waals surface area contributed by atoms with Crippen molar-refractivity contribution in [1.82, 2.24) is 5.32 Å². The first-order chi connectivity index (χ1) is 10.2. The summed E-state index contributed by atoms with van der Waals surface area (Å²) in [5.41, 5.74) is 0.410. The van der Waals surface area contributed by atoms with E-state index in [-0.39, 0.29) is 30.2 Å². The van der Waals surface area contributed by atoms with Crippen molar-refractivity contribution in [3.8, 4) is 5.75 Å². The second-order valence-corrected chi connectivity index (χ2v) is 5.37. The zero-order valence-corrected chi connectivity index (χ0v) is 13.0. The van der Waals surface area contributed by atoms with Crippen molar-refractivity contribution in [2.24, 2.45) is 0 Å². The van der Waals surface area contributed by atoms with Gasteiger partial charge in [-0.3, -0.25) is 4.79 Å². The van der Waals surface area contributed by atoms with E-state index in [1.165, 1.54) is 6.07 Å². The first-order valence-corrected chi connectivity index (χ1v) is 7.32. The fraction of sp³-hybridized carbons (Fsp3) is 0.533. The summed E-state index contributed by atoms with van der Waals surface area (Å²) in [6, 6.07) is 4.48. The molecule has 0 bridgehead atoms. The van der Waals surface area contributed by atoms with E-state index in [2.05, 4.69) is 10.6 Å². The molecule has 1 heterocycles. The van der Waals surface area contributed by atoms with Crippen LogP contribution in [0.2, 0.25) is 0 Å². The summed E-state index contributed by atoms with van der Waals surface area (Å²) in [5, 5.41) is 5.74. The van der Waals surface area contributed by atoms with Crippen LogP contribution in [0.15, 0.2) is 18.2 Å². The Balaban J connectivity index is 0.00000176. The summed E-state index contributed by atoms with van der Waals surface area (Å²) in [6.07, 6.45) is 2.68. The van der Waals surface area contributed by atoms with Crippen LogP contribution in [0.5, 0.6) is 5.75 Å². The average Bonchev–Trinajstić information content (AvgIpc) is 2.45. The number of morpholine rings is 1. The summed E-state index contributed by atoms with van der Waals surface area (Å²) < 4.78 is 24.8. The van der Waals surface area contributed by atoms with Crippen LogP contribution in [0.25, 0.3) is 0 Å². The first-order valence-electron chi connectivity index (χ1n) is 7.32. The molecule has 0 radical (unpaired) electrons. The second-order valence-electron chi connectivity index (χ2n) is 5.37. The molecule has 1 aliphatic carbocycles. The van der Waals surface area contributed by atoms with Crippen molar-refractivity contribution < 1.29 is 18.7 Å². The summed E-state index contributed by atoms with van der Waals surface area (Å²) in [6.45, 7) is 1.71. The van der Waals surface area contributed by atoms with Gasteiger partial charge in [-0.25, -0.2) is 4.39 Å². The topological polar surface area (TPSA) is 59.6 Å². The Bertz CT molecular complexity index is 520. The second kappa shape index (κ2) is 7.76. The van der Waals surface area contributed by atoms with Crippen molar-refractivity contribution in [2.45, 2.75) is 31.5 Å². The Morgan fingerprint density at radius 3 is 2.82 bits per heavy atom. The lowest BCUT2D eigenvalue weighted by Gasteiger charge is -2.26. The molecule has 1 unspecified atom stereocenters. The number of carbonyl (C=O) groups is 1. The van der Waals surface area contributed by atoms with Gasteiger partial charge >= 0.3 is 0 Å². The molecule has 0 spiro atoms. The number of hydrogen-bond acceptors (Lipinski definition) is 4. The minimum atomic E-state index is -0.535. The van der Waals surface area contributed by atoms with Crippen molar-refractivity contribution >= 4 is 24.0 Å². The molecular formula is C15H20ClFN2O3. The molecule has 122 valence electrons. The van der Waals surface area contributed by atoms with Gasteiger partial charge in [0.15, 0.2) is 11.6 Å². The Morgan fingerprint density at radius 2 is 2.23 bits per heavy atom. The molecule has 22 heavy (non-hydrogen) atoms. The van der Waals surface area contributed by atoms with Gasteiger partial charge in [0.05, 0.1) is 12.7 Å². The number of ether oxygens (including phenoxy) is 2. The fourth-order valence-corrected chi connectivity index (χ4v) is 2.30. The van der Waals surface area contributed by atoms with Gasteiger partial charge in [0.25, 0.3) is 5.91 Å². The van der Waals surface area contributed by atoms with Crippen LogP contribution in [-0.2, 0) is 9.53 Å². The predicted molar refractivity (Wildman–Crippen MR) is 83.2 cm³/mol. The lowest BCUT2D eigenvalue weighted by molar-refractivity contribution is -0.128. The SMILES string of the molecule is Cl.O=C(Nc1ccc(OC2CCC2)c(F)c1)C1CNCCO1. The van der Waals surface area contributed by atoms with Crippen molar-refractivity contribution in [3.63, 3.8) is 0 Å². The van der Waals surface area contributed by atoms with Gasteiger partial charge in [-0.05, 0) is 31.4 Å². The molecule has 7 heteroatoms. The lowest BCUT2D eigenvalue weighted by Crippen LogP contribution is -2.45. The van der Waals surface area contributed by atoms with Gasteiger partial charge in [-0.15, -0.1) is 12.4 Å². The van der Waals surface area contributed by atoms with Crippen molar-refractivity contribution in [2.75, 3.05) is 25.0 Å². The number of amides is 1. The number of halogens is 2. The number of anilines is 1. The number of carbonyl (C=O) groups excluding carboxylic acids is 1. The summed E-state index contributed by atoms with van der Waals surface area (Å²) in [7, 11) is 0. The summed E-state index contributed by atoms with van der Waals surface area (Å²) in [5.74, 6) is -0.482. The van der Waals surface area contributed by atoms with E-state index >= 15 is 0 Å². The third kappa shape index (κ3) is 4.09. The van der Waals surface area contributed by atoms with Crippen LogP contribution in [0.3, 0.4) is 0 Å². The van der Waals surface area contributed by atoms with Crippen LogP contribution in [-0.4, -0.2) is 37.8 Å². The number of nitrogens with one attached hydrogen (secondary N) is 2. The molecule has 1 amide bonds. The standard InChI is InChI=1S/C15H19FN2O3.ClH/c16-12-8-10(4-5-13(12)21-11-2-1-3-11)18-15(19)14-9-17-6-7-20-14;/h4-5,8,11,14,17H,1-3,6-7,9H2,(H,18,19);1H. The molecule has 1 aromatic carbocycles. The fourth-order valence-electron chi connectivity index (χ4n) is 2.30. The van der Waals surface area contributed by atoms with Crippen LogP contribution in [0.4, 0.5) is 10.1 Å². The maximum atomic E-state index is 13.9. The van der Waals surface area contributed by atoms with Crippen molar-refractivity contribution in [3.05, 3.63) is 24.0 Å². The minimum Gasteiger partial charge on any atom is -0.487 e. The van der Waals surface area contributed by atoms with E-state index in [0.29, 0.717) is 18.8 Å². The van der Waals surface area contributed by atoms with Crippen LogP contribution < -0.4 is 15.4 Å². The first kappa shape index (κ1) is 17.0. The zero-order chi connectivity index (χ0) is 14.7. The summed E-state index contributed by atoms with van der Waals surface area (Å²) in [4.78, 5) is 12.0. The quantitative estimate of drug-likeness (QED) is 0.887. The zero-order valence-electron chi connectivity index (χ0n) is 12.1. The Kier molecular flexibility index (Phi) is 5.99. The smallest absolute Gasteiger partial charge is 0.254 e. The number of rotatable bonds is 4. The molecule has 1 aliphatic heterocycles. The molecule has 0 aromatic heterocycles. The van der Waals surface area contributed by atoms with E-state index < -0.39 is 11.9 Å². The third-order valence-electron chi connectivity index (χ3n) is 3.77. The summed E-state index contributed by atoms with van der Waals surface area (Å²) >= 11 is 0. The van der Waals surface area contributed by atoms with Gasteiger partial charge in [0.2, 0.25) is 0 Å². The maximum Gasteiger partial charge on any atom is 0.254 e. The molecular weight excluding hydrogens is 311 g/mol. The largest absolute Gasteiger partial charge is 0.487 e. The van der Waals surface area contributed by atoms with E-state index in [1.54, 1.807) is 12.1 Å². The highest BCUT2D eigenvalue weighted by Gasteiger charge is 2.23. The monoisotopic (exact) mass is 330 g/mol. The number of hydrogen-bond donors (Lipinski definition) is 2. The highest BCUT2D eigenvalue weighted by atomic mass is 35.5. The van der Waals surface area contributed by atoms with Crippen LogP contribution in [0.1, 0.15) is 19.3 Å².